The first-order valence-corrected chi connectivity index (χ1v) is 9.75. The van der Waals surface area contributed by atoms with Crippen molar-refractivity contribution in [3.63, 3.8) is 0 Å². The molecule has 140 valence electrons. The summed E-state index contributed by atoms with van der Waals surface area (Å²) in [5, 5.41) is 9.62. The van der Waals surface area contributed by atoms with E-state index in [0.717, 1.165) is 23.2 Å². The van der Waals surface area contributed by atoms with Gasteiger partial charge in [-0.1, -0.05) is 67.2 Å². The van der Waals surface area contributed by atoms with Gasteiger partial charge < -0.3 is 5.32 Å². The van der Waals surface area contributed by atoms with Crippen molar-refractivity contribution in [2.75, 3.05) is 5.32 Å². The van der Waals surface area contributed by atoms with Crippen molar-refractivity contribution in [2.24, 2.45) is 0 Å². The zero-order valence-corrected chi connectivity index (χ0v) is 16.1. The summed E-state index contributed by atoms with van der Waals surface area (Å²) >= 11 is 1.27. The lowest BCUT2D eigenvalue weighted by Gasteiger charge is -2.15. The van der Waals surface area contributed by atoms with Gasteiger partial charge in [0.1, 0.15) is 0 Å². The fourth-order valence-electron chi connectivity index (χ4n) is 2.72. The summed E-state index contributed by atoms with van der Waals surface area (Å²) in [7, 11) is 0. The van der Waals surface area contributed by atoms with E-state index in [-0.39, 0.29) is 11.6 Å². The summed E-state index contributed by atoms with van der Waals surface area (Å²) in [6.07, 6.45) is 0.817. The molecule has 3 rings (SSSR count). The van der Waals surface area contributed by atoms with Crippen LogP contribution in [-0.2, 0) is 11.3 Å². The van der Waals surface area contributed by atoms with Gasteiger partial charge in [0.05, 0.1) is 5.25 Å². The van der Waals surface area contributed by atoms with E-state index in [1.54, 1.807) is 11.5 Å². The predicted molar refractivity (Wildman–Crippen MR) is 109 cm³/mol. The van der Waals surface area contributed by atoms with Crippen molar-refractivity contribution in [3.8, 4) is 11.1 Å². The molecule has 2 aromatic carbocycles. The molecule has 0 fully saturated rings. The Morgan fingerprint density at radius 3 is 2.63 bits per heavy atom. The molecular weight excluding hydrogens is 360 g/mol. The molecule has 0 aliphatic heterocycles. The number of rotatable bonds is 7. The first-order chi connectivity index (χ1) is 13.1. The minimum atomic E-state index is -0.403. The highest BCUT2D eigenvalue weighted by molar-refractivity contribution is 8.00. The standard InChI is InChI=1S/C20H22N4O2S/c1-3-13-24-19(26)22-23-20(24)27-14(2)18(25)21-17-12-8-7-11-16(17)15-9-5-4-6-10-15/h4-12,14H,3,13H2,1-2H3,(H,21,25)(H,22,26). The molecule has 2 N–H and O–H groups in total. The van der Waals surface area contributed by atoms with Gasteiger partial charge in [-0.15, -0.1) is 5.10 Å². The van der Waals surface area contributed by atoms with Crippen molar-refractivity contribution in [2.45, 2.75) is 37.2 Å². The molecule has 0 aliphatic carbocycles. The minimum Gasteiger partial charge on any atom is -0.325 e. The van der Waals surface area contributed by atoms with Crippen LogP contribution < -0.4 is 11.0 Å². The van der Waals surface area contributed by atoms with Crippen LogP contribution in [0.4, 0.5) is 5.69 Å². The highest BCUT2D eigenvalue weighted by Gasteiger charge is 2.20. The number of hydrogen-bond donors (Lipinski definition) is 2. The Balaban J connectivity index is 1.76. The van der Waals surface area contributed by atoms with Crippen LogP contribution in [-0.4, -0.2) is 25.9 Å². The van der Waals surface area contributed by atoms with Crippen LogP contribution in [0.25, 0.3) is 11.1 Å². The van der Waals surface area contributed by atoms with E-state index in [9.17, 15) is 9.59 Å². The van der Waals surface area contributed by atoms with Gasteiger partial charge in [0, 0.05) is 17.8 Å². The van der Waals surface area contributed by atoms with Crippen LogP contribution in [0, 0.1) is 0 Å². The number of thioether (sulfide) groups is 1. The molecule has 6 nitrogen and oxygen atoms in total. The average Bonchev–Trinajstić information content (AvgIpc) is 3.03. The van der Waals surface area contributed by atoms with E-state index >= 15 is 0 Å². The monoisotopic (exact) mass is 382 g/mol. The van der Waals surface area contributed by atoms with Crippen molar-refractivity contribution in [3.05, 3.63) is 65.1 Å². The zero-order chi connectivity index (χ0) is 19.2. The normalized spacial score (nSPS) is 11.9. The summed E-state index contributed by atoms with van der Waals surface area (Å²) in [5.41, 5.74) is 2.51. The first kappa shape index (κ1) is 19.0. The Labute approximate surface area is 162 Å². The Kier molecular flexibility index (Phi) is 6.13. The van der Waals surface area contributed by atoms with Gasteiger partial charge in [0.15, 0.2) is 5.16 Å². The molecule has 0 spiro atoms. The van der Waals surface area contributed by atoms with E-state index < -0.39 is 5.25 Å². The molecule has 0 aliphatic rings. The molecule has 1 unspecified atom stereocenters. The lowest BCUT2D eigenvalue weighted by atomic mass is 10.0. The number of aromatic nitrogens is 3. The van der Waals surface area contributed by atoms with Crippen LogP contribution in [0.5, 0.6) is 0 Å². The molecule has 0 saturated carbocycles. The third-order valence-corrected chi connectivity index (χ3v) is 5.18. The summed E-state index contributed by atoms with van der Waals surface area (Å²) < 4.78 is 1.56. The molecule has 0 radical (unpaired) electrons. The van der Waals surface area contributed by atoms with Gasteiger partial charge >= 0.3 is 5.69 Å². The number of anilines is 1. The van der Waals surface area contributed by atoms with Gasteiger partial charge in [-0.05, 0) is 25.0 Å². The second-order valence-electron chi connectivity index (χ2n) is 6.12. The van der Waals surface area contributed by atoms with Crippen LogP contribution >= 0.6 is 11.8 Å². The van der Waals surface area contributed by atoms with E-state index in [1.807, 2.05) is 61.5 Å². The largest absolute Gasteiger partial charge is 0.343 e. The number of benzene rings is 2. The average molecular weight is 382 g/mol. The third kappa shape index (κ3) is 4.49. The highest BCUT2D eigenvalue weighted by Crippen LogP contribution is 2.29. The minimum absolute atomic E-state index is 0.137. The molecule has 27 heavy (non-hydrogen) atoms. The van der Waals surface area contributed by atoms with Gasteiger partial charge in [-0.25, -0.2) is 9.89 Å². The summed E-state index contributed by atoms with van der Waals surface area (Å²) in [6, 6.07) is 17.6. The van der Waals surface area contributed by atoms with E-state index in [0.29, 0.717) is 11.7 Å². The van der Waals surface area contributed by atoms with Crippen LogP contribution in [0.1, 0.15) is 20.3 Å². The number of hydrogen-bond acceptors (Lipinski definition) is 4. The lowest BCUT2D eigenvalue weighted by Crippen LogP contribution is -2.24. The maximum absolute atomic E-state index is 12.7. The molecule has 1 amide bonds. The predicted octanol–water partition coefficient (Wildman–Crippen LogP) is 3.77. The lowest BCUT2D eigenvalue weighted by molar-refractivity contribution is -0.115. The van der Waals surface area contributed by atoms with Gasteiger partial charge in [-0.2, -0.15) is 0 Å². The molecule has 1 aromatic heterocycles. The second kappa shape index (κ2) is 8.73. The summed E-state index contributed by atoms with van der Waals surface area (Å²) in [4.78, 5) is 24.5. The van der Waals surface area contributed by atoms with Gasteiger partial charge in [-0.3, -0.25) is 9.36 Å². The topological polar surface area (TPSA) is 79.8 Å². The van der Waals surface area contributed by atoms with E-state index in [4.69, 9.17) is 0 Å². The fourth-order valence-corrected chi connectivity index (χ4v) is 3.60. The number of carbonyl (C=O) groups is 1. The molecule has 0 saturated heterocycles. The number of H-pyrrole nitrogens is 1. The van der Waals surface area contributed by atoms with Crippen LogP contribution in [0.3, 0.4) is 0 Å². The third-order valence-electron chi connectivity index (χ3n) is 4.09. The number of amides is 1. The van der Waals surface area contributed by atoms with Crippen molar-refractivity contribution in [1.82, 2.24) is 14.8 Å². The molecule has 1 atom stereocenters. The van der Waals surface area contributed by atoms with Crippen molar-refractivity contribution >= 4 is 23.4 Å². The maximum Gasteiger partial charge on any atom is 0.343 e. The number of para-hydroxylation sites is 1. The Hall–Kier alpha value is -2.80. The number of nitrogens with zero attached hydrogens (tertiary/aromatic N) is 2. The van der Waals surface area contributed by atoms with Crippen molar-refractivity contribution < 1.29 is 4.79 Å². The van der Waals surface area contributed by atoms with Gasteiger partial charge in [0.2, 0.25) is 5.91 Å². The summed E-state index contributed by atoms with van der Waals surface area (Å²) in [6.45, 7) is 4.37. The number of carbonyl (C=O) groups excluding carboxylic acids is 1. The fraction of sp³-hybridized carbons (Fsp3) is 0.250. The number of nitrogens with one attached hydrogen (secondary N) is 2. The molecule has 7 heteroatoms. The Morgan fingerprint density at radius 1 is 1.19 bits per heavy atom. The number of aromatic amines is 1. The van der Waals surface area contributed by atoms with Gasteiger partial charge in [0.25, 0.3) is 0 Å². The SMILES string of the molecule is CCCn1c(SC(C)C(=O)Nc2ccccc2-c2ccccc2)n[nH]c1=O. The zero-order valence-electron chi connectivity index (χ0n) is 15.3. The van der Waals surface area contributed by atoms with E-state index in [1.165, 1.54) is 11.8 Å². The van der Waals surface area contributed by atoms with Crippen molar-refractivity contribution in [1.29, 1.82) is 0 Å². The second-order valence-corrected chi connectivity index (χ2v) is 7.43. The Bertz CT molecular complexity index is 965. The molecule has 1 heterocycles. The quantitative estimate of drug-likeness (QED) is 0.610. The highest BCUT2D eigenvalue weighted by atomic mass is 32.2. The first-order valence-electron chi connectivity index (χ1n) is 8.87. The van der Waals surface area contributed by atoms with E-state index in [2.05, 4.69) is 15.5 Å². The molecular formula is C20H22N4O2S. The smallest absolute Gasteiger partial charge is 0.325 e. The van der Waals surface area contributed by atoms with Crippen LogP contribution in [0.15, 0.2) is 64.5 Å². The van der Waals surface area contributed by atoms with Crippen LogP contribution in [0.2, 0.25) is 0 Å². The summed E-state index contributed by atoms with van der Waals surface area (Å²) in [5.74, 6) is -0.137. The Morgan fingerprint density at radius 2 is 1.89 bits per heavy atom. The maximum atomic E-state index is 12.7. The molecule has 3 aromatic rings. The molecule has 0 bridgehead atoms.